The second-order valence-corrected chi connectivity index (χ2v) is 4.02. The maximum Gasteiger partial charge on any atom is 0.0161 e. The minimum Gasteiger partial charge on any atom is -0.329 e. The van der Waals surface area contributed by atoms with Gasteiger partial charge < -0.3 is 16.0 Å². The van der Waals surface area contributed by atoms with Gasteiger partial charge in [-0.3, -0.25) is 0 Å². The van der Waals surface area contributed by atoms with Crippen molar-refractivity contribution in [1.29, 1.82) is 0 Å². The van der Waals surface area contributed by atoms with Crippen molar-refractivity contribution in [3.8, 4) is 0 Å². The molecule has 0 saturated carbocycles. The van der Waals surface area contributed by atoms with Crippen molar-refractivity contribution >= 4 is 0 Å². The van der Waals surface area contributed by atoms with E-state index in [1.165, 1.54) is 6.42 Å². The molecule has 0 aromatic carbocycles. The fourth-order valence-corrected chi connectivity index (χ4v) is 1.02. The van der Waals surface area contributed by atoms with Gasteiger partial charge in [0, 0.05) is 18.6 Å². The predicted molar refractivity (Wildman–Crippen MR) is 58.9 cm³/mol. The molecule has 0 aliphatic heterocycles. The monoisotopic (exact) mass is 187 g/mol. The molecule has 0 aromatic rings. The lowest BCUT2D eigenvalue weighted by molar-refractivity contribution is 0.268. The lowest BCUT2D eigenvalue weighted by Gasteiger charge is -2.21. The number of nitrogens with one attached hydrogen (secondary N) is 1. The van der Waals surface area contributed by atoms with Gasteiger partial charge in [0.2, 0.25) is 0 Å². The standard InChI is InChI=1S/C10H25N3/c1-9(2)13(4)7-5-6-12-10(3)8-11/h9-10,12H,5-8,11H2,1-4H3. The lowest BCUT2D eigenvalue weighted by Crippen LogP contribution is -2.35. The van der Waals surface area contributed by atoms with Gasteiger partial charge in [-0.1, -0.05) is 0 Å². The highest BCUT2D eigenvalue weighted by molar-refractivity contribution is 4.62. The largest absolute Gasteiger partial charge is 0.329 e. The number of rotatable bonds is 7. The summed E-state index contributed by atoms with van der Waals surface area (Å²) in [5.74, 6) is 0. The highest BCUT2D eigenvalue weighted by Crippen LogP contribution is 1.94. The molecule has 0 heterocycles. The Balaban J connectivity index is 3.25. The molecule has 0 spiro atoms. The number of nitrogens with zero attached hydrogens (tertiary/aromatic N) is 1. The summed E-state index contributed by atoms with van der Waals surface area (Å²) in [6.07, 6.45) is 1.19. The highest BCUT2D eigenvalue weighted by Gasteiger charge is 2.02. The van der Waals surface area contributed by atoms with Crippen molar-refractivity contribution in [3.05, 3.63) is 0 Å². The Kier molecular flexibility index (Phi) is 7.23. The molecule has 0 amide bonds. The lowest BCUT2D eigenvalue weighted by atomic mass is 10.3. The van der Waals surface area contributed by atoms with Crippen LogP contribution in [0.5, 0.6) is 0 Å². The topological polar surface area (TPSA) is 41.3 Å². The molecule has 80 valence electrons. The summed E-state index contributed by atoms with van der Waals surface area (Å²) in [7, 11) is 2.16. The average Bonchev–Trinajstić information content (AvgIpc) is 2.11. The Morgan fingerprint density at radius 3 is 2.38 bits per heavy atom. The quantitative estimate of drug-likeness (QED) is 0.575. The maximum absolute atomic E-state index is 5.49. The van der Waals surface area contributed by atoms with E-state index in [1.54, 1.807) is 0 Å². The molecule has 0 rings (SSSR count). The Morgan fingerprint density at radius 2 is 1.92 bits per heavy atom. The van der Waals surface area contributed by atoms with Crippen molar-refractivity contribution in [2.24, 2.45) is 5.73 Å². The zero-order chi connectivity index (χ0) is 10.3. The van der Waals surface area contributed by atoms with Crippen LogP contribution in [0.15, 0.2) is 0 Å². The molecular formula is C10H25N3. The summed E-state index contributed by atoms with van der Waals surface area (Å²) < 4.78 is 0. The first-order chi connectivity index (χ1) is 6.07. The molecule has 0 saturated heterocycles. The van der Waals surface area contributed by atoms with Crippen LogP contribution >= 0.6 is 0 Å². The summed E-state index contributed by atoms with van der Waals surface area (Å²) >= 11 is 0. The summed E-state index contributed by atoms with van der Waals surface area (Å²) in [5, 5.41) is 3.37. The predicted octanol–water partition coefficient (Wildman–Crippen LogP) is 0.654. The minimum atomic E-state index is 0.448. The van der Waals surface area contributed by atoms with E-state index in [1.807, 2.05) is 0 Å². The van der Waals surface area contributed by atoms with E-state index < -0.39 is 0 Å². The van der Waals surface area contributed by atoms with Crippen LogP contribution < -0.4 is 11.1 Å². The molecule has 0 aromatic heterocycles. The molecule has 1 atom stereocenters. The van der Waals surface area contributed by atoms with Gasteiger partial charge in [-0.15, -0.1) is 0 Å². The van der Waals surface area contributed by atoms with Crippen LogP contribution in [0.1, 0.15) is 27.2 Å². The smallest absolute Gasteiger partial charge is 0.0161 e. The van der Waals surface area contributed by atoms with Gasteiger partial charge in [0.05, 0.1) is 0 Å². The maximum atomic E-state index is 5.49. The van der Waals surface area contributed by atoms with Gasteiger partial charge in [-0.05, 0) is 47.3 Å². The van der Waals surface area contributed by atoms with Crippen LogP contribution in [0, 0.1) is 0 Å². The van der Waals surface area contributed by atoms with Gasteiger partial charge in [0.15, 0.2) is 0 Å². The summed E-state index contributed by atoms with van der Waals surface area (Å²) in [6.45, 7) is 9.50. The minimum absolute atomic E-state index is 0.448. The van der Waals surface area contributed by atoms with E-state index in [2.05, 4.69) is 38.0 Å². The molecule has 0 radical (unpaired) electrons. The Bertz CT molecular complexity index is 115. The molecule has 3 N–H and O–H groups in total. The number of hydrogen-bond donors (Lipinski definition) is 2. The van der Waals surface area contributed by atoms with Crippen molar-refractivity contribution in [1.82, 2.24) is 10.2 Å². The van der Waals surface area contributed by atoms with Crippen LogP contribution in [0.4, 0.5) is 0 Å². The molecule has 3 nitrogen and oxygen atoms in total. The van der Waals surface area contributed by atoms with E-state index in [0.717, 1.165) is 19.6 Å². The zero-order valence-electron chi connectivity index (χ0n) is 9.51. The fourth-order valence-electron chi connectivity index (χ4n) is 1.02. The Hall–Kier alpha value is -0.120. The Labute approximate surface area is 82.7 Å². The van der Waals surface area contributed by atoms with Crippen molar-refractivity contribution in [2.75, 3.05) is 26.7 Å². The first-order valence-electron chi connectivity index (χ1n) is 5.21. The summed E-state index contributed by atoms with van der Waals surface area (Å²) in [4.78, 5) is 2.36. The van der Waals surface area contributed by atoms with Crippen molar-refractivity contribution in [3.63, 3.8) is 0 Å². The zero-order valence-corrected chi connectivity index (χ0v) is 9.51. The van der Waals surface area contributed by atoms with Gasteiger partial charge in [-0.25, -0.2) is 0 Å². The van der Waals surface area contributed by atoms with E-state index >= 15 is 0 Å². The average molecular weight is 187 g/mol. The molecule has 13 heavy (non-hydrogen) atoms. The van der Waals surface area contributed by atoms with Crippen LogP contribution in [0.25, 0.3) is 0 Å². The number of hydrogen-bond acceptors (Lipinski definition) is 3. The third kappa shape index (κ3) is 6.99. The van der Waals surface area contributed by atoms with E-state index in [-0.39, 0.29) is 0 Å². The molecule has 0 aliphatic carbocycles. The molecule has 1 unspecified atom stereocenters. The van der Waals surface area contributed by atoms with Crippen LogP contribution in [-0.2, 0) is 0 Å². The molecule has 0 fully saturated rings. The molecule has 0 bridgehead atoms. The first-order valence-corrected chi connectivity index (χ1v) is 5.21. The van der Waals surface area contributed by atoms with Gasteiger partial charge >= 0.3 is 0 Å². The van der Waals surface area contributed by atoms with Gasteiger partial charge in [-0.2, -0.15) is 0 Å². The summed E-state index contributed by atoms with van der Waals surface area (Å²) in [5.41, 5.74) is 5.49. The van der Waals surface area contributed by atoms with Crippen LogP contribution in [0.3, 0.4) is 0 Å². The van der Waals surface area contributed by atoms with E-state index in [0.29, 0.717) is 12.1 Å². The first kappa shape index (κ1) is 12.9. The second kappa shape index (κ2) is 7.30. The third-order valence-corrected chi connectivity index (χ3v) is 2.42. The molecule has 0 aliphatic rings. The van der Waals surface area contributed by atoms with Crippen molar-refractivity contribution < 1.29 is 0 Å². The van der Waals surface area contributed by atoms with Gasteiger partial charge in [0.1, 0.15) is 0 Å². The van der Waals surface area contributed by atoms with Gasteiger partial charge in [0.25, 0.3) is 0 Å². The number of nitrogens with two attached hydrogens (primary N) is 1. The molecular weight excluding hydrogens is 162 g/mol. The van der Waals surface area contributed by atoms with E-state index in [4.69, 9.17) is 5.73 Å². The third-order valence-electron chi connectivity index (χ3n) is 2.42. The second-order valence-electron chi connectivity index (χ2n) is 4.02. The highest BCUT2D eigenvalue weighted by atomic mass is 15.1. The van der Waals surface area contributed by atoms with Crippen LogP contribution in [-0.4, -0.2) is 43.7 Å². The SMILES string of the molecule is CC(CN)NCCCN(C)C(C)C. The normalized spacial score (nSPS) is 14.1. The molecule has 3 heteroatoms. The van der Waals surface area contributed by atoms with Crippen LogP contribution in [0.2, 0.25) is 0 Å². The Morgan fingerprint density at radius 1 is 1.31 bits per heavy atom. The van der Waals surface area contributed by atoms with Crippen molar-refractivity contribution in [2.45, 2.75) is 39.3 Å². The fraction of sp³-hybridized carbons (Fsp3) is 1.00. The van der Waals surface area contributed by atoms with E-state index in [9.17, 15) is 0 Å². The summed E-state index contributed by atoms with van der Waals surface area (Å²) in [6, 6.07) is 1.09.